The van der Waals surface area contributed by atoms with Crippen LogP contribution in [-0.2, 0) is 9.84 Å². The van der Waals surface area contributed by atoms with E-state index >= 15 is 0 Å². The minimum absolute atomic E-state index is 0.0376. The van der Waals surface area contributed by atoms with Gasteiger partial charge in [-0.3, -0.25) is 4.79 Å². The molecule has 0 aliphatic heterocycles. The molecular weight excluding hydrogens is 319 g/mol. The number of alkyl halides is 1. The van der Waals surface area contributed by atoms with Gasteiger partial charge in [0.2, 0.25) is 4.21 Å². The molecule has 0 fully saturated rings. The molecule has 0 aliphatic carbocycles. The Morgan fingerprint density at radius 1 is 1.33 bits per heavy atom. The molecule has 3 nitrogen and oxygen atoms in total. The molecule has 0 aliphatic rings. The molecule has 1 unspecified atom stereocenters. The first-order chi connectivity index (χ1) is 8.13. The largest absolute Gasteiger partial charge is 0.291 e. The number of sulfone groups is 1. The van der Waals surface area contributed by atoms with Crippen LogP contribution in [0.3, 0.4) is 0 Å². The second kappa shape index (κ2) is 5.37. The Morgan fingerprint density at radius 2 is 1.89 bits per heavy atom. The molecule has 100 valence electrons. The van der Waals surface area contributed by atoms with Gasteiger partial charge in [0.15, 0.2) is 15.6 Å². The number of rotatable bonds is 4. The molecule has 1 atom stereocenters. The van der Waals surface area contributed by atoms with E-state index in [4.69, 9.17) is 34.8 Å². The van der Waals surface area contributed by atoms with E-state index in [2.05, 4.69) is 0 Å². The Bertz CT molecular complexity index is 579. The van der Waals surface area contributed by atoms with E-state index in [0.29, 0.717) is 5.02 Å². The van der Waals surface area contributed by atoms with Gasteiger partial charge in [0.25, 0.3) is 0 Å². The normalized spacial score (nSPS) is 15.2. The van der Waals surface area contributed by atoms with Gasteiger partial charge < -0.3 is 0 Å². The first-order valence-electron chi connectivity index (χ1n) is 5.04. The van der Waals surface area contributed by atoms with Gasteiger partial charge in [-0.25, -0.2) is 8.42 Å². The summed E-state index contributed by atoms with van der Waals surface area (Å²) in [5.41, 5.74) is 0.0376. The van der Waals surface area contributed by atoms with Crippen LogP contribution >= 0.6 is 34.8 Å². The van der Waals surface area contributed by atoms with Crippen molar-refractivity contribution in [3.63, 3.8) is 0 Å². The fourth-order valence-corrected chi connectivity index (χ4v) is 3.18. The summed E-state index contributed by atoms with van der Waals surface area (Å²) in [6, 6.07) is 4.17. The third kappa shape index (κ3) is 2.82. The molecule has 18 heavy (non-hydrogen) atoms. The lowest BCUT2D eigenvalue weighted by Gasteiger charge is -2.20. The van der Waals surface area contributed by atoms with Gasteiger partial charge >= 0.3 is 0 Å². The van der Waals surface area contributed by atoms with Crippen LogP contribution in [0.25, 0.3) is 0 Å². The molecule has 0 saturated carbocycles. The van der Waals surface area contributed by atoms with Crippen LogP contribution in [0.4, 0.5) is 0 Å². The van der Waals surface area contributed by atoms with Crippen molar-refractivity contribution in [2.45, 2.75) is 18.1 Å². The smallest absolute Gasteiger partial charge is 0.205 e. The predicted molar refractivity (Wildman–Crippen MR) is 74.5 cm³/mol. The number of Topliss-reactive ketones (excluding diaryl/α,β-unsaturated/α-hetero) is 1. The average Bonchev–Trinajstić information content (AvgIpc) is 2.28. The van der Waals surface area contributed by atoms with Gasteiger partial charge in [0, 0.05) is 16.3 Å². The van der Waals surface area contributed by atoms with Crippen LogP contribution < -0.4 is 0 Å². The van der Waals surface area contributed by atoms with Crippen molar-refractivity contribution in [3.8, 4) is 0 Å². The minimum Gasteiger partial charge on any atom is -0.291 e. The highest BCUT2D eigenvalue weighted by atomic mass is 35.5. The summed E-state index contributed by atoms with van der Waals surface area (Å²) < 4.78 is 21.6. The van der Waals surface area contributed by atoms with E-state index in [-0.39, 0.29) is 16.3 Å². The summed E-state index contributed by atoms with van der Waals surface area (Å²) >= 11 is 17.5. The molecule has 1 aromatic carbocycles. The SMILES string of the molecule is CCS(=O)(=O)C(C)(Cl)C(=O)c1ccc(Cl)cc1Cl. The summed E-state index contributed by atoms with van der Waals surface area (Å²) in [4.78, 5) is 12.2. The van der Waals surface area contributed by atoms with Crippen LogP contribution in [0.15, 0.2) is 18.2 Å². The van der Waals surface area contributed by atoms with E-state index in [1.807, 2.05) is 0 Å². The zero-order valence-electron chi connectivity index (χ0n) is 9.71. The van der Waals surface area contributed by atoms with Crippen LogP contribution in [0.1, 0.15) is 24.2 Å². The maximum atomic E-state index is 12.2. The molecule has 0 spiro atoms. The van der Waals surface area contributed by atoms with Crippen molar-refractivity contribution >= 4 is 50.4 Å². The van der Waals surface area contributed by atoms with Crippen molar-refractivity contribution in [2.24, 2.45) is 0 Å². The topological polar surface area (TPSA) is 51.2 Å². The van der Waals surface area contributed by atoms with Crippen molar-refractivity contribution in [1.82, 2.24) is 0 Å². The summed E-state index contributed by atoms with van der Waals surface area (Å²) in [5.74, 6) is -0.989. The summed E-state index contributed by atoms with van der Waals surface area (Å²) in [6.45, 7) is 2.58. The number of hydrogen-bond acceptors (Lipinski definition) is 3. The Hall–Kier alpha value is -0.290. The Labute approximate surface area is 121 Å². The number of ketones is 1. The fourth-order valence-electron chi connectivity index (χ4n) is 1.33. The average molecular weight is 330 g/mol. The Balaban J connectivity index is 3.31. The Morgan fingerprint density at radius 3 is 2.33 bits per heavy atom. The third-order valence-electron chi connectivity index (χ3n) is 2.55. The fraction of sp³-hybridized carbons (Fsp3) is 0.364. The van der Waals surface area contributed by atoms with E-state index < -0.39 is 19.8 Å². The van der Waals surface area contributed by atoms with Crippen molar-refractivity contribution in [1.29, 1.82) is 0 Å². The first-order valence-corrected chi connectivity index (χ1v) is 7.83. The number of benzene rings is 1. The van der Waals surface area contributed by atoms with Gasteiger partial charge in [-0.2, -0.15) is 0 Å². The summed E-state index contributed by atoms with van der Waals surface area (Å²) in [7, 11) is -3.75. The van der Waals surface area contributed by atoms with E-state index in [1.165, 1.54) is 25.1 Å². The van der Waals surface area contributed by atoms with E-state index in [1.54, 1.807) is 0 Å². The van der Waals surface area contributed by atoms with Gasteiger partial charge in [0.1, 0.15) is 0 Å². The second-order valence-electron chi connectivity index (χ2n) is 3.77. The highest BCUT2D eigenvalue weighted by Gasteiger charge is 2.44. The standard InChI is InChI=1S/C11H11Cl3O3S/c1-3-18(16,17)11(2,14)10(15)8-5-4-7(12)6-9(8)13/h4-6H,3H2,1-2H3. The molecule has 0 radical (unpaired) electrons. The molecule has 0 N–H and O–H groups in total. The van der Waals surface area contributed by atoms with Gasteiger partial charge in [-0.1, -0.05) is 41.7 Å². The molecule has 0 heterocycles. The second-order valence-corrected chi connectivity index (χ2v) is 8.22. The van der Waals surface area contributed by atoms with E-state index in [0.717, 1.165) is 6.92 Å². The lowest BCUT2D eigenvalue weighted by Crippen LogP contribution is -2.39. The van der Waals surface area contributed by atoms with Crippen molar-refractivity contribution in [3.05, 3.63) is 33.8 Å². The van der Waals surface area contributed by atoms with Crippen LogP contribution in [0.2, 0.25) is 10.0 Å². The maximum Gasteiger partial charge on any atom is 0.205 e. The Kier molecular flexibility index (Phi) is 4.70. The first kappa shape index (κ1) is 15.8. The van der Waals surface area contributed by atoms with Gasteiger partial charge in [-0.05, 0) is 25.1 Å². The molecule has 0 amide bonds. The maximum absolute atomic E-state index is 12.2. The molecule has 1 aromatic rings. The minimum atomic E-state index is -3.75. The monoisotopic (exact) mass is 328 g/mol. The highest BCUT2D eigenvalue weighted by Crippen LogP contribution is 2.31. The summed E-state index contributed by atoms with van der Waals surface area (Å²) in [6.07, 6.45) is 0. The highest BCUT2D eigenvalue weighted by molar-refractivity contribution is 7.95. The molecule has 0 saturated heterocycles. The molecule has 0 bridgehead atoms. The number of hydrogen-bond donors (Lipinski definition) is 0. The van der Waals surface area contributed by atoms with Crippen LogP contribution in [-0.4, -0.2) is 24.2 Å². The van der Waals surface area contributed by atoms with Crippen molar-refractivity contribution in [2.75, 3.05) is 5.75 Å². The summed E-state index contributed by atoms with van der Waals surface area (Å²) in [5, 5.41) is 0.428. The van der Waals surface area contributed by atoms with Crippen LogP contribution in [0, 0.1) is 0 Å². The van der Waals surface area contributed by atoms with E-state index in [9.17, 15) is 13.2 Å². The zero-order chi connectivity index (χ0) is 14.1. The predicted octanol–water partition coefficient (Wildman–Crippen LogP) is 3.57. The van der Waals surface area contributed by atoms with Crippen LogP contribution in [0.5, 0.6) is 0 Å². The zero-order valence-corrected chi connectivity index (χ0v) is 12.8. The number of halogens is 3. The lowest BCUT2D eigenvalue weighted by atomic mass is 10.1. The molecule has 1 rings (SSSR count). The lowest BCUT2D eigenvalue weighted by molar-refractivity contribution is 0.0978. The number of carbonyl (C=O) groups is 1. The van der Waals surface area contributed by atoms with Gasteiger partial charge in [-0.15, -0.1) is 0 Å². The van der Waals surface area contributed by atoms with Crippen molar-refractivity contribution < 1.29 is 13.2 Å². The quantitative estimate of drug-likeness (QED) is 0.627. The van der Waals surface area contributed by atoms with Gasteiger partial charge in [0.05, 0.1) is 5.02 Å². The molecule has 7 heteroatoms. The third-order valence-corrected chi connectivity index (χ3v) is 6.08. The molecule has 0 aromatic heterocycles. The molecular formula is C11H11Cl3O3S. The number of carbonyl (C=O) groups excluding carboxylic acids is 1.